The smallest absolute Gasteiger partial charge is 0.225 e. The van der Waals surface area contributed by atoms with Crippen LogP contribution in [0.15, 0.2) is 18.2 Å². The van der Waals surface area contributed by atoms with Gasteiger partial charge in [0.15, 0.2) is 0 Å². The highest BCUT2D eigenvalue weighted by atomic mass is 35.5. The number of hydrogen-bond donors (Lipinski definition) is 1. The molecule has 0 aliphatic carbocycles. The lowest BCUT2D eigenvalue weighted by molar-refractivity contribution is -0.122. The minimum atomic E-state index is -0.559. The van der Waals surface area contributed by atoms with Crippen LogP contribution in [-0.4, -0.2) is 16.8 Å². The van der Waals surface area contributed by atoms with E-state index in [0.29, 0.717) is 0 Å². The van der Waals surface area contributed by atoms with Crippen LogP contribution < -0.4 is 5.32 Å². The Morgan fingerprint density at radius 1 is 1.50 bits per heavy atom. The molecule has 0 fully saturated rings. The first-order valence-corrected chi connectivity index (χ1v) is 6.43. The number of alkyl halides is 1. The van der Waals surface area contributed by atoms with Crippen molar-refractivity contribution in [1.82, 2.24) is 5.32 Å². The summed E-state index contributed by atoms with van der Waals surface area (Å²) >= 11 is 11.8. The number of hydrogen-bond acceptors (Lipinski definition) is 1. The predicted octanol–water partition coefficient (Wildman–Crippen LogP) is 3.54. The van der Waals surface area contributed by atoms with Crippen LogP contribution in [0.3, 0.4) is 0 Å². The second-order valence-electron chi connectivity index (χ2n) is 4.76. The van der Waals surface area contributed by atoms with Gasteiger partial charge < -0.3 is 5.32 Å². The second-order valence-corrected chi connectivity index (χ2v) is 5.82. The normalized spacial score (nSPS) is 13.2. The lowest BCUT2D eigenvalue weighted by atomic mass is 10.0. The molecule has 1 atom stereocenters. The van der Waals surface area contributed by atoms with Crippen LogP contribution in [0.2, 0.25) is 5.02 Å². The van der Waals surface area contributed by atoms with E-state index in [-0.39, 0.29) is 28.3 Å². The molecule has 0 spiro atoms. The van der Waals surface area contributed by atoms with Crippen molar-refractivity contribution in [3.63, 3.8) is 0 Å². The molecule has 0 radical (unpaired) electrons. The van der Waals surface area contributed by atoms with Crippen LogP contribution in [0.1, 0.15) is 26.3 Å². The fourth-order valence-corrected chi connectivity index (χ4v) is 1.65. The summed E-state index contributed by atoms with van der Waals surface area (Å²) in [4.78, 5) is 11.8. The molecule has 0 saturated heterocycles. The van der Waals surface area contributed by atoms with Crippen LogP contribution in [0.4, 0.5) is 4.39 Å². The molecular formula is C13H16Cl2FNO. The lowest BCUT2D eigenvalue weighted by Gasteiger charge is -2.29. The van der Waals surface area contributed by atoms with Gasteiger partial charge in [0.2, 0.25) is 5.91 Å². The van der Waals surface area contributed by atoms with E-state index in [9.17, 15) is 9.18 Å². The summed E-state index contributed by atoms with van der Waals surface area (Å²) in [5.41, 5.74) is -0.356. The number of benzene rings is 1. The molecule has 2 nitrogen and oxygen atoms in total. The van der Waals surface area contributed by atoms with Crippen molar-refractivity contribution in [2.75, 3.05) is 0 Å². The van der Waals surface area contributed by atoms with E-state index in [1.54, 1.807) is 13.0 Å². The van der Waals surface area contributed by atoms with Crippen molar-refractivity contribution >= 4 is 29.1 Å². The zero-order chi connectivity index (χ0) is 13.9. The van der Waals surface area contributed by atoms with E-state index in [1.807, 2.05) is 13.8 Å². The molecule has 0 aromatic heterocycles. The van der Waals surface area contributed by atoms with Crippen molar-refractivity contribution < 1.29 is 9.18 Å². The Morgan fingerprint density at radius 2 is 2.11 bits per heavy atom. The Kier molecular flexibility index (Phi) is 5.00. The molecule has 18 heavy (non-hydrogen) atoms. The van der Waals surface area contributed by atoms with Gasteiger partial charge >= 0.3 is 0 Å². The monoisotopic (exact) mass is 291 g/mol. The summed E-state index contributed by atoms with van der Waals surface area (Å²) in [5, 5.41) is 2.78. The Balaban J connectivity index is 2.77. The van der Waals surface area contributed by atoms with Gasteiger partial charge in [-0.25, -0.2) is 4.39 Å². The topological polar surface area (TPSA) is 29.1 Å². The highest BCUT2D eigenvalue weighted by molar-refractivity contribution is 6.31. The van der Waals surface area contributed by atoms with Gasteiger partial charge in [-0.1, -0.05) is 17.7 Å². The molecule has 1 aromatic rings. The number of amides is 1. The average Bonchev–Trinajstić information content (AvgIpc) is 2.22. The maximum atomic E-state index is 13.5. The van der Waals surface area contributed by atoms with Gasteiger partial charge in [-0.15, -0.1) is 11.6 Å². The zero-order valence-electron chi connectivity index (χ0n) is 10.6. The summed E-state index contributed by atoms with van der Waals surface area (Å²) < 4.78 is 13.5. The third-order valence-corrected chi connectivity index (χ3v) is 3.75. The molecule has 100 valence electrons. The molecule has 0 saturated carbocycles. The maximum Gasteiger partial charge on any atom is 0.225 e. The van der Waals surface area contributed by atoms with Crippen LogP contribution in [0.5, 0.6) is 0 Å². The Labute approximate surface area is 116 Å². The van der Waals surface area contributed by atoms with Gasteiger partial charge in [0.05, 0.1) is 17.3 Å². The number of rotatable bonds is 4. The maximum absolute atomic E-state index is 13.5. The van der Waals surface area contributed by atoms with Crippen LogP contribution in [-0.2, 0) is 11.2 Å². The quantitative estimate of drug-likeness (QED) is 0.845. The average molecular weight is 292 g/mol. The second kappa shape index (κ2) is 5.89. The van der Waals surface area contributed by atoms with Crippen LogP contribution in [0, 0.1) is 5.82 Å². The fraction of sp³-hybridized carbons (Fsp3) is 0.462. The molecule has 1 unspecified atom stereocenters. The third kappa shape index (κ3) is 3.85. The predicted molar refractivity (Wildman–Crippen MR) is 72.7 cm³/mol. The van der Waals surface area contributed by atoms with Crippen LogP contribution >= 0.6 is 23.2 Å². The Hall–Kier alpha value is -0.800. The molecule has 0 aliphatic heterocycles. The molecule has 1 amide bonds. The molecular weight excluding hydrogens is 276 g/mol. The van der Waals surface area contributed by atoms with Gasteiger partial charge in [0.1, 0.15) is 5.82 Å². The van der Waals surface area contributed by atoms with Gasteiger partial charge in [0.25, 0.3) is 0 Å². The standard InChI is InChI=1S/C13H16Cl2FNO/c1-8(14)13(2,3)17-12(18)7-9-10(15)5-4-6-11(9)16/h4-6,8H,7H2,1-3H3,(H,17,18). The highest BCUT2D eigenvalue weighted by Gasteiger charge is 2.26. The van der Waals surface area contributed by atoms with Gasteiger partial charge in [0, 0.05) is 10.6 Å². The van der Waals surface area contributed by atoms with Gasteiger partial charge in [-0.2, -0.15) is 0 Å². The first kappa shape index (κ1) is 15.3. The first-order chi connectivity index (χ1) is 8.24. The Morgan fingerprint density at radius 3 is 2.61 bits per heavy atom. The van der Waals surface area contributed by atoms with Crippen molar-refractivity contribution in [2.45, 2.75) is 38.1 Å². The highest BCUT2D eigenvalue weighted by Crippen LogP contribution is 2.20. The van der Waals surface area contributed by atoms with E-state index in [1.165, 1.54) is 12.1 Å². The number of carbonyl (C=O) groups is 1. The van der Waals surface area contributed by atoms with Gasteiger partial charge in [-0.3, -0.25) is 4.79 Å². The number of halogens is 3. The van der Waals surface area contributed by atoms with E-state index in [0.717, 1.165) is 0 Å². The molecule has 1 rings (SSSR count). The van der Waals surface area contributed by atoms with Gasteiger partial charge in [-0.05, 0) is 32.9 Å². The molecule has 0 aliphatic rings. The molecule has 5 heteroatoms. The van der Waals surface area contributed by atoms with Crippen LogP contribution in [0.25, 0.3) is 0 Å². The van der Waals surface area contributed by atoms with Crippen molar-refractivity contribution in [1.29, 1.82) is 0 Å². The Bertz CT molecular complexity index is 426. The largest absolute Gasteiger partial charge is 0.349 e. The molecule has 0 bridgehead atoms. The van der Waals surface area contributed by atoms with Crippen molar-refractivity contribution in [2.24, 2.45) is 0 Å². The third-order valence-electron chi connectivity index (χ3n) is 2.86. The lowest BCUT2D eigenvalue weighted by Crippen LogP contribution is -2.49. The summed E-state index contributed by atoms with van der Waals surface area (Å²) in [7, 11) is 0. The SMILES string of the molecule is CC(Cl)C(C)(C)NC(=O)Cc1c(F)cccc1Cl. The minimum absolute atomic E-state index is 0.0987. The summed E-state index contributed by atoms with van der Waals surface area (Å²) in [6, 6.07) is 4.34. The van der Waals surface area contributed by atoms with Crippen molar-refractivity contribution in [3.8, 4) is 0 Å². The first-order valence-electron chi connectivity index (χ1n) is 5.62. The number of carbonyl (C=O) groups excluding carboxylic acids is 1. The zero-order valence-corrected chi connectivity index (χ0v) is 12.1. The van der Waals surface area contributed by atoms with Crippen molar-refractivity contribution in [3.05, 3.63) is 34.6 Å². The fourth-order valence-electron chi connectivity index (χ4n) is 1.36. The molecule has 0 heterocycles. The summed E-state index contributed by atoms with van der Waals surface area (Å²) in [6.07, 6.45) is -0.0987. The van der Waals surface area contributed by atoms with E-state index in [4.69, 9.17) is 23.2 Å². The summed E-state index contributed by atoms with van der Waals surface area (Å²) in [5.74, 6) is -0.783. The molecule has 1 aromatic carbocycles. The summed E-state index contributed by atoms with van der Waals surface area (Å²) in [6.45, 7) is 5.41. The van der Waals surface area contributed by atoms with E-state index in [2.05, 4.69) is 5.32 Å². The minimum Gasteiger partial charge on any atom is -0.349 e. The molecule has 1 N–H and O–H groups in total. The van der Waals surface area contributed by atoms with E-state index >= 15 is 0 Å². The number of nitrogens with one attached hydrogen (secondary N) is 1. The van der Waals surface area contributed by atoms with E-state index < -0.39 is 11.4 Å².